The van der Waals surface area contributed by atoms with Crippen molar-refractivity contribution >= 4 is 0 Å². The van der Waals surface area contributed by atoms with Gasteiger partial charge >= 0.3 is 0 Å². The second-order valence-corrected chi connectivity index (χ2v) is 5.22. The molecule has 0 saturated carbocycles. The molecule has 4 nitrogen and oxygen atoms in total. The molecule has 0 aliphatic carbocycles. The first-order valence-electron chi connectivity index (χ1n) is 6.79. The third-order valence-corrected chi connectivity index (χ3v) is 3.84. The lowest BCUT2D eigenvalue weighted by atomic mass is 10.2. The zero-order valence-corrected chi connectivity index (χ0v) is 11.5. The Bertz CT molecular complexity index is 271. The predicted molar refractivity (Wildman–Crippen MR) is 71.5 cm³/mol. The molecule has 18 heavy (non-hydrogen) atoms. The van der Waals surface area contributed by atoms with Crippen molar-refractivity contribution in [3.8, 4) is 11.8 Å². The van der Waals surface area contributed by atoms with Gasteiger partial charge in [0.1, 0.15) is 0 Å². The van der Waals surface area contributed by atoms with E-state index < -0.39 is 0 Å². The standard InChI is InChI=1S/C14H24N2O2/c1-15(13-5-9-17-11-13)7-3-4-8-16(2)14-6-10-18-12-14/h13-14H,5-12H2,1-2H3/t13-,14-/m0/s1. The summed E-state index contributed by atoms with van der Waals surface area (Å²) in [6.07, 6.45) is 2.27. The molecule has 4 heteroatoms. The highest BCUT2D eigenvalue weighted by molar-refractivity contribution is 5.04. The molecule has 2 atom stereocenters. The van der Waals surface area contributed by atoms with Gasteiger partial charge in [-0.05, 0) is 26.9 Å². The van der Waals surface area contributed by atoms with Crippen LogP contribution in [0.4, 0.5) is 0 Å². The second kappa shape index (κ2) is 7.10. The number of hydrogen-bond donors (Lipinski definition) is 0. The molecular formula is C14H24N2O2. The number of rotatable bonds is 4. The minimum Gasteiger partial charge on any atom is -0.380 e. The van der Waals surface area contributed by atoms with E-state index in [2.05, 4.69) is 35.7 Å². The van der Waals surface area contributed by atoms with Crippen LogP contribution in [0.5, 0.6) is 0 Å². The van der Waals surface area contributed by atoms with E-state index in [0.717, 1.165) is 52.4 Å². The highest BCUT2D eigenvalue weighted by atomic mass is 16.5. The summed E-state index contributed by atoms with van der Waals surface area (Å²) in [6.45, 7) is 5.18. The molecule has 2 heterocycles. The van der Waals surface area contributed by atoms with Crippen molar-refractivity contribution < 1.29 is 9.47 Å². The lowest BCUT2D eigenvalue weighted by molar-refractivity contribution is 0.164. The van der Waals surface area contributed by atoms with Gasteiger partial charge in [-0.1, -0.05) is 11.8 Å². The van der Waals surface area contributed by atoms with E-state index in [9.17, 15) is 0 Å². The fourth-order valence-corrected chi connectivity index (χ4v) is 2.36. The van der Waals surface area contributed by atoms with Crippen molar-refractivity contribution in [3.63, 3.8) is 0 Å². The van der Waals surface area contributed by atoms with Crippen LogP contribution in [0.25, 0.3) is 0 Å². The SMILES string of the molecule is CN(CC#CCN(C)[C@H]1CCOC1)[C@H]1CCOC1. The largest absolute Gasteiger partial charge is 0.380 e. The Hall–Kier alpha value is -0.600. The fourth-order valence-electron chi connectivity index (χ4n) is 2.36. The summed E-state index contributed by atoms with van der Waals surface area (Å²) >= 11 is 0. The Kier molecular flexibility index (Phi) is 5.45. The van der Waals surface area contributed by atoms with Crippen molar-refractivity contribution in [1.82, 2.24) is 9.80 Å². The zero-order chi connectivity index (χ0) is 12.8. The Labute approximate surface area is 110 Å². The summed E-state index contributed by atoms with van der Waals surface area (Å²) in [5, 5.41) is 0. The van der Waals surface area contributed by atoms with E-state index in [0.29, 0.717) is 12.1 Å². The van der Waals surface area contributed by atoms with Gasteiger partial charge in [0.05, 0.1) is 26.3 Å². The highest BCUT2D eigenvalue weighted by Gasteiger charge is 2.20. The van der Waals surface area contributed by atoms with Crippen LogP contribution >= 0.6 is 0 Å². The van der Waals surface area contributed by atoms with E-state index in [-0.39, 0.29) is 0 Å². The lowest BCUT2D eigenvalue weighted by Gasteiger charge is -2.20. The number of ether oxygens (including phenoxy) is 2. The monoisotopic (exact) mass is 252 g/mol. The van der Waals surface area contributed by atoms with E-state index in [4.69, 9.17) is 9.47 Å². The predicted octanol–water partition coefficient (Wildman–Crippen LogP) is 0.431. The van der Waals surface area contributed by atoms with Crippen LogP contribution in [0.15, 0.2) is 0 Å². The maximum Gasteiger partial charge on any atom is 0.0622 e. The maximum absolute atomic E-state index is 5.38. The molecule has 2 rings (SSSR count). The third kappa shape index (κ3) is 3.96. The summed E-state index contributed by atoms with van der Waals surface area (Å²) in [5.41, 5.74) is 0. The van der Waals surface area contributed by atoms with Gasteiger partial charge in [0.2, 0.25) is 0 Å². The average Bonchev–Trinajstić information content (AvgIpc) is 3.05. The van der Waals surface area contributed by atoms with E-state index >= 15 is 0 Å². The second-order valence-electron chi connectivity index (χ2n) is 5.22. The summed E-state index contributed by atoms with van der Waals surface area (Å²) in [5.74, 6) is 6.51. The minimum atomic E-state index is 0.556. The van der Waals surface area contributed by atoms with Crippen LogP contribution in [-0.2, 0) is 9.47 Å². The van der Waals surface area contributed by atoms with Gasteiger partial charge in [0.25, 0.3) is 0 Å². The Morgan fingerprint density at radius 3 is 1.67 bits per heavy atom. The summed E-state index contributed by atoms with van der Waals surface area (Å²) in [7, 11) is 4.26. The molecule has 0 aromatic carbocycles. The quantitative estimate of drug-likeness (QED) is 0.678. The van der Waals surface area contributed by atoms with Gasteiger partial charge in [0.15, 0.2) is 0 Å². The fraction of sp³-hybridized carbons (Fsp3) is 0.857. The van der Waals surface area contributed by atoms with Gasteiger partial charge < -0.3 is 9.47 Å². The van der Waals surface area contributed by atoms with Gasteiger partial charge in [-0.25, -0.2) is 0 Å². The maximum atomic E-state index is 5.38. The molecule has 102 valence electrons. The minimum absolute atomic E-state index is 0.556. The molecule has 0 aromatic rings. The van der Waals surface area contributed by atoms with Gasteiger partial charge in [-0.15, -0.1) is 0 Å². The summed E-state index contributed by atoms with van der Waals surface area (Å²) in [6, 6.07) is 1.11. The van der Waals surface area contributed by atoms with Crippen LogP contribution in [-0.4, -0.2) is 75.5 Å². The van der Waals surface area contributed by atoms with Crippen molar-refractivity contribution in [2.75, 3.05) is 53.6 Å². The van der Waals surface area contributed by atoms with Crippen LogP contribution in [0.3, 0.4) is 0 Å². The topological polar surface area (TPSA) is 24.9 Å². The van der Waals surface area contributed by atoms with Crippen LogP contribution in [0, 0.1) is 11.8 Å². The van der Waals surface area contributed by atoms with Crippen molar-refractivity contribution in [3.05, 3.63) is 0 Å². The van der Waals surface area contributed by atoms with Crippen LogP contribution < -0.4 is 0 Å². The molecule has 0 aromatic heterocycles. The summed E-state index contributed by atoms with van der Waals surface area (Å²) in [4.78, 5) is 4.58. The molecule has 0 radical (unpaired) electrons. The van der Waals surface area contributed by atoms with E-state index in [1.165, 1.54) is 0 Å². The van der Waals surface area contributed by atoms with Crippen molar-refractivity contribution in [2.45, 2.75) is 24.9 Å². The normalized spacial score (nSPS) is 27.8. The molecule has 0 N–H and O–H groups in total. The molecule has 2 fully saturated rings. The Morgan fingerprint density at radius 1 is 0.889 bits per heavy atom. The number of hydrogen-bond acceptors (Lipinski definition) is 4. The molecule has 0 amide bonds. The number of nitrogens with zero attached hydrogens (tertiary/aromatic N) is 2. The molecule has 0 unspecified atom stereocenters. The van der Waals surface area contributed by atoms with Crippen molar-refractivity contribution in [2.24, 2.45) is 0 Å². The highest BCUT2D eigenvalue weighted by Crippen LogP contribution is 2.10. The van der Waals surface area contributed by atoms with Gasteiger partial charge in [-0.3, -0.25) is 9.80 Å². The molecule has 0 bridgehead atoms. The Morgan fingerprint density at radius 2 is 1.33 bits per heavy atom. The Balaban J connectivity index is 1.65. The zero-order valence-electron chi connectivity index (χ0n) is 11.5. The summed E-state index contributed by atoms with van der Waals surface area (Å²) < 4.78 is 10.8. The first kappa shape index (κ1) is 13.8. The van der Waals surface area contributed by atoms with Gasteiger partial charge in [-0.2, -0.15) is 0 Å². The number of likely N-dealkylation sites (N-methyl/N-ethyl adjacent to an activating group) is 2. The average molecular weight is 252 g/mol. The van der Waals surface area contributed by atoms with E-state index in [1.807, 2.05) is 0 Å². The smallest absolute Gasteiger partial charge is 0.0622 e. The first-order chi connectivity index (χ1) is 8.77. The first-order valence-corrected chi connectivity index (χ1v) is 6.79. The van der Waals surface area contributed by atoms with Crippen LogP contribution in [0.1, 0.15) is 12.8 Å². The molecule has 2 aliphatic rings. The molecule has 2 aliphatic heterocycles. The molecule has 2 saturated heterocycles. The molecular weight excluding hydrogens is 228 g/mol. The molecule has 0 spiro atoms. The van der Waals surface area contributed by atoms with Crippen molar-refractivity contribution in [1.29, 1.82) is 0 Å². The van der Waals surface area contributed by atoms with Crippen LogP contribution in [0.2, 0.25) is 0 Å². The third-order valence-electron chi connectivity index (χ3n) is 3.84. The van der Waals surface area contributed by atoms with E-state index in [1.54, 1.807) is 0 Å². The van der Waals surface area contributed by atoms with Gasteiger partial charge in [0, 0.05) is 25.3 Å². The lowest BCUT2D eigenvalue weighted by Crippen LogP contribution is -2.33.